The van der Waals surface area contributed by atoms with Crippen molar-refractivity contribution in [1.82, 2.24) is 0 Å². The summed E-state index contributed by atoms with van der Waals surface area (Å²) < 4.78 is 16.1. The van der Waals surface area contributed by atoms with Crippen LogP contribution in [0.3, 0.4) is 0 Å². The maximum absolute atomic E-state index is 12.7. The molecule has 1 atom stereocenters. The standard InChI is InChI=1S/C18H22O5/c1-5-21-16(19)18(17(20)22-6-2)13(4)11-23-15(18)14-9-7-12(3)8-10-14/h7-10,15H,4-6,11H2,1-3H3. The van der Waals surface area contributed by atoms with Crippen LogP contribution in [0, 0.1) is 12.3 Å². The van der Waals surface area contributed by atoms with E-state index >= 15 is 0 Å². The second-order valence-electron chi connectivity index (χ2n) is 5.45. The first kappa shape index (κ1) is 17.2. The van der Waals surface area contributed by atoms with E-state index < -0.39 is 23.5 Å². The summed E-state index contributed by atoms with van der Waals surface area (Å²) in [6, 6.07) is 7.49. The van der Waals surface area contributed by atoms with Gasteiger partial charge >= 0.3 is 11.9 Å². The van der Waals surface area contributed by atoms with E-state index in [-0.39, 0.29) is 19.8 Å². The SMILES string of the molecule is C=C1COC(c2ccc(C)cc2)C1(C(=O)OCC)C(=O)OCC. The Bertz CT molecular complexity index is 584. The number of ether oxygens (including phenoxy) is 3. The Morgan fingerprint density at radius 2 is 1.70 bits per heavy atom. The lowest BCUT2D eigenvalue weighted by Crippen LogP contribution is -2.45. The first-order chi connectivity index (χ1) is 11.0. The molecule has 23 heavy (non-hydrogen) atoms. The highest BCUT2D eigenvalue weighted by Crippen LogP contribution is 2.50. The molecule has 0 saturated carbocycles. The van der Waals surface area contributed by atoms with Crippen LogP contribution in [0.15, 0.2) is 36.4 Å². The monoisotopic (exact) mass is 318 g/mol. The molecular formula is C18H22O5. The van der Waals surface area contributed by atoms with Crippen LogP contribution in [0.5, 0.6) is 0 Å². The minimum absolute atomic E-state index is 0.107. The summed E-state index contributed by atoms with van der Waals surface area (Å²) in [5.74, 6) is -1.35. The van der Waals surface area contributed by atoms with Crippen LogP contribution >= 0.6 is 0 Å². The number of rotatable bonds is 5. The molecule has 0 aliphatic carbocycles. The summed E-state index contributed by atoms with van der Waals surface area (Å²) in [5, 5.41) is 0. The number of carbonyl (C=O) groups is 2. The van der Waals surface area contributed by atoms with E-state index in [1.807, 2.05) is 31.2 Å². The molecule has 1 heterocycles. The summed E-state index contributed by atoms with van der Waals surface area (Å²) in [6.45, 7) is 9.65. The minimum Gasteiger partial charge on any atom is -0.465 e. The second kappa shape index (κ2) is 6.96. The fraction of sp³-hybridized carbons (Fsp3) is 0.444. The lowest BCUT2D eigenvalue weighted by molar-refractivity contribution is -0.174. The van der Waals surface area contributed by atoms with E-state index in [1.54, 1.807) is 13.8 Å². The van der Waals surface area contributed by atoms with Gasteiger partial charge in [-0.2, -0.15) is 0 Å². The van der Waals surface area contributed by atoms with Crippen LogP contribution in [-0.2, 0) is 23.8 Å². The maximum Gasteiger partial charge on any atom is 0.330 e. The van der Waals surface area contributed by atoms with Gasteiger partial charge in [-0.3, -0.25) is 9.59 Å². The highest BCUT2D eigenvalue weighted by Gasteiger charge is 2.62. The average molecular weight is 318 g/mol. The number of hydrogen-bond acceptors (Lipinski definition) is 5. The minimum atomic E-state index is -1.65. The first-order valence-corrected chi connectivity index (χ1v) is 7.69. The van der Waals surface area contributed by atoms with Crippen molar-refractivity contribution in [3.8, 4) is 0 Å². The topological polar surface area (TPSA) is 61.8 Å². The van der Waals surface area contributed by atoms with Crippen LogP contribution in [0.25, 0.3) is 0 Å². The Morgan fingerprint density at radius 3 is 2.17 bits per heavy atom. The first-order valence-electron chi connectivity index (χ1n) is 7.69. The van der Waals surface area contributed by atoms with Crippen molar-refractivity contribution < 1.29 is 23.8 Å². The molecule has 0 N–H and O–H groups in total. The zero-order valence-corrected chi connectivity index (χ0v) is 13.8. The fourth-order valence-electron chi connectivity index (χ4n) is 2.77. The molecule has 1 aliphatic rings. The lowest BCUT2D eigenvalue weighted by atomic mass is 9.75. The molecule has 1 aromatic rings. The van der Waals surface area contributed by atoms with Crippen molar-refractivity contribution >= 4 is 11.9 Å². The fourth-order valence-corrected chi connectivity index (χ4v) is 2.77. The number of hydrogen-bond donors (Lipinski definition) is 0. The summed E-state index contributed by atoms with van der Waals surface area (Å²) in [5.41, 5.74) is 0.500. The molecular weight excluding hydrogens is 296 g/mol. The van der Waals surface area contributed by atoms with E-state index in [0.29, 0.717) is 5.57 Å². The molecule has 1 aromatic carbocycles. The summed E-state index contributed by atoms with van der Waals surface area (Å²) >= 11 is 0. The van der Waals surface area contributed by atoms with Crippen molar-refractivity contribution in [3.63, 3.8) is 0 Å². The third-order valence-corrected chi connectivity index (χ3v) is 3.95. The Labute approximate surface area is 136 Å². The molecule has 5 nitrogen and oxygen atoms in total. The molecule has 5 heteroatoms. The molecule has 1 saturated heterocycles. The zero-order valence-electron chi connectivity index (χ0n) is 13.8. The van der Waals surface area contributed by atoms with Gasteiger partial charge in [0.1, 0.15) is 6.10 Å². The van der Waals surface area contributed by atoms with Crippen molar-refractivity contribution in [2.24, 2.45) is 5.41 Å². The normalized spacial score (nSPS) is 19.4. The van der Waals surface area contributed by atoms with E-state index in [1.165, 1.54) is 0 Å². The molecule has 124 valence electrons. The van der Waals surface area contributed by atoms with Gasteiger partial charge in [-0.15, -0.1) is 0 Å². The maximum atomic E-state index is 12.7. The van der Waals surface area contributed by atoms with E-state index in [4.69, 9.17) is 14.2 Å². The number of carbonyl (C=O) groups excluding carboxylic acids is 2. The van der Waals surface area contributed by atoms with Gasteiger partial charge in [0.25, 0.3) is 0 Å². The summed E-state index contributed by atoms with van der Waals surface area (Å²) in [4.78, 5) is 25.4. The van der Waals surface area contributed by atoms with Gasteiger partial charge in [-0.25, -0.2) is 0 Å². The highest BCUT2D eigenvalue weighted by molar-refractivity contribution is 6.05. The Balaban J connectivity index is 2.54. The Kier molecular flexibility index (Phi) is 5.21. The molecule has 1 fully saturated rings. The Morgan fingerprint density at radius 1 is 1.17 bits per heavy atom. The highest BCUT2D eigenvalue weighted by atomic mass is 16.6. The summed E-state index contributed by atoms with van der Waals surface area (Å²) in [6.07, 6.45) is -0.798. The predicted molar refractivity (Wildman–Crippen MR) is 84.7 cm³/mol. The predicted octanol–water partition coefficient (Wildman–Crippen LogP) is 2.74. The molecule has 2 rings (SSSR count). The van der Waals surface area contributed by atoms with Gasteiger partial charge < -0.3 is 14.2 Å². The lowest BCUT2D eigenvalue weighted by Gasteiger charge is -2.30. The summed E-state index contributed by atoms with van der Waals surface area (Å²) in [7, 11) is 0. The van der Waals surface area contributed by atoms with Gasteiger partial charge in [0.2, 0.25) is 5.41 Å². The van der Waals surface area contributed by atoms with Crippen LogP contribution in [-0.4, -0.2) is 31.8 Å². The quantitative estimate of drug-likeness (QED) is 0.474. The molecule has 1 aliphatic heterocycles. The van der Waals surface area contributed by atoms with Crippen LogP contribution in [0.1, 0.15) is 31.1 Å². The zero-order chi connectivity index (χ0) is 17.0. The van der Waals surface area contributed by atoms with Gasteiger partial charge in [-0.05, 0) is 31.9 Å². The molecule has 0 amide bonds. The molecule has 0 spiro atoms. The molecule has 0 bridgehead atoms. The van der Waals surface area contributed by atoms with Crippen LogP contribution < -0.4 is 0 Å². The van der Waals surface area contributed by atoms with Gasteiger partial charge in [0.05, 0.1) is 19.8 Å². The Hall–Kier alpha value is -2.14. The third-order valence-electron chi connectivity index (χ3n) is 3.95. The molecule has 1 unspecified atom stereocenters. The number of benzene rings is 1. The van der Waals surface area contributed by atoms with Crippen molar-refractivity contribution in [2.75, 3.05) is 19.8 Å². The van der Waals surface area contributed by atoms with Crippen LogP contribution in [0.2, 0.25) is 0 Å². The number of aryl methyl sites for hydroxylation is 1. The number of esters is 2. The molecule has 0 aromatic heterocycles. The van der Waals surface area contributed by atoms with E-state index in [2.05, 4.69) is 6.58 Å². The molecule has 0 radical (unpaired) electrons. The van der Waals surface area contributed by atoms with Crippen molar-refractivity contribution in [2.45, 2.75) is 26.9 Å². The van der Waals surface area contributed by atoms with Crippen molar-refractivity contribution in [1.29, 1.82) is 0 Å². The van der Waals surface area contributed by atoms with Crippen molar-refractivity contribution in [3.05, 3.63) is 47.5 Å². The second-order valence-corrected chi connectivity index (χ2v) is 5.45. The third kappa shape index (κ3) is 2.88. The van der Waals surface area contributed by atoms with E-state index in [9.17, 15) is 9.59 Å². The van der Waals surface area contributed by atoms with Crippen LogP contribution in [0.4, 0.5) is 0 Å². The van der Waals surface area contributed by atoms with Gasteiger partial charge in [0, 0.05) is 0 Å². The van der Waals surface area contributed by atoms with E-state index in [0.717, 1.165) is 11.1 Å². The van der Waals surface area contributed by atoms with Gasteiger partial charge in [0.15, 0.2) is 0 Å². The largest absolute Gasteiger partial charge is 0.465 e. The van der Waals surface area contributed by atoms with Gasteiger partial charge in [-0.1, -0.05) is 36.4 Å². The average Bonchev–Trinajstić information content (AvgIpc) is 2.87. The smallest absolute Gasteiger partial charge is 0.330 e.